The number of nitrogens with one attached hydrogen (secondary N) is 1. The van der Waals surface area contributed by atoms with Gasteiger partial charge in [0.15, 0.2) is 0 Å². The summed E-state index contributed by atoms with van der Waals surface area (Å²) in [6.45, 7) is 2.57. The second-order valence-electron chi connectivity index (χ2n) is 4.85. The SMILES string of the molecule is CCc1cccc(C2CCC(S(N)(=O)=O)CN2)c1. The van der Waals surface area contributed by atoms with Crippen molar-refractivity contribution in [3.8, 4) is 0 Å². The first kappa shape index (κ1) is 13.5. The van der Waals surface area contributed by atoms with Crippen LogP contribution in [0.1, 0.15) is 36.9 Å². The zero-order valence-electron chi connectivity index (χ0n) is 10.6. The minimum Gasteiger partial charge on any atom is -0.309 e. The summed E-state index contributed by atoms with van der Waals surface area (Å²) in [6, 6.07) is 8.69. The second-order valence-corrected chi connectivity index (χ2v) is 6.69. The highest BCUT2D eigenvalue weighted by molar-refractivity contribution is 7.89. The van der Waals surface area contributed by atoms with Gasteiger partial charge >= 0.3 is 0 Å². The zero-order valence-corrected chi connectivity index (χ0v) is 11.4. The van der Waals surface area contributed by atoms with Gasteiger partial charge in [0.2, 0.25) is 10.0 Å². The molecule has 1 saturated heterocycles. The molecule has 1 aromatic carbocycles. The van der Waals surface area contributed by atoms with Crippen molar-refractivity contribution in [1.29, 1.82) is 0 Å². The molecule has 0 bridgehead atoms. The van der Waals surface area contributed by atoms with E-state index in [2.05, 4.69) is 36.5 Å². The first-order valence-corrected chi connectivity index (χ1v) is 7.95. The van der Waals surface area contributed by atoms with Gasteiger partial charge in [0.05, 0.1) is 5.25 Å². The summed E-state index contributed by atoms with van der Waals surface area (Å²) >= 11 is 0. The molecule has 3 N–H and O–H groups in total. The van der Waals surface area contributed by atoms with Crippen molar-refractivity contribution in [3.05, 3.63) is 35.4 Å². The number of rotatable bonds is 3. The van der Waals surface area contributed by atoms with Crippen LogP contribution in [0.15, 0.2) is 24.3 Å². The maximum Gasteiger partial charge on any atom is 0.213 e. The van der Waals surface area contributed by atoms with Gasteiger partial charge in [0.25, 0.3) is 0 Å². The summed E-state index contributed by atoms with van der Waals surface area (Å²) in [5.41, 5.74) is 2.55. The van der Waals surface area contributed by atoms with Crippen LogP contribution in [0.3, 0.4) is 0 Å². The Morgan fingerprint density at radius 3 is 2.72 bits per heavy atom. The van der Waals surface area contributed by atoms with E-state index in [1.165, 1.54) is 11.1 Å². The lowest BCUT2D eigenvalue weighted by Crippen LogP contribution is -2.43. The van der Waals surface area contributed by atoms with E-state index in [4.69, 9.17) is 5.14 Å². The molecule has 2 rings (SSSR count). The smallest absolute Gasteiger partial charge is 0.213 e. The molecule has 2 unspecified atom stereocenters. The molecule has 0 aromatic heterocycles. The van der Waals surface area contributed by atoms with Crippen molar-refractivity contribution in [3.63, 3.8) is 0 Å². The lowest BCUT2D eigenvalue weighted by atomic mass is 9.95. The summed E-state index contributed by atoms with van der Waals surface area (Å²) in [4.78, 5) is 0. The zero-order chi connectivity index (χ0) is 13.2. The van der Waals surface area contributed by atoms with E-state index in [0.29, 0.717) is 13.0 Å². The van der Waals surface area contributed by atoms with Crippen LogP contribution >= 0.6 is 0 Å². The van der Waals surface area contributed by atoms with Gasteiger partial charge in [-0.1, -0.05) is 31.2 Å². The van der Waals surface area contributed by atoms with Gasteiger partial charge in [-0.25, -0.2) is 13.6 Å². The molecule has 1 aliphatic heterocycles. The lowest BCUT2D eigenvalue weighted by Gasteiger charge is -2.29. The molecule has 2 atom stereocenters. The van der Waals surface area contributed by atoms with E-state index in [1.54, 1.807) is 0 Å². The van der Waals surface area contributed by atoms with Crippen LogP contribution in [0.5, 0.6) is 0 Å². The molecule has 1 aliphatic rings. The fourth-order valence-electron chi connectivity index (χ4n) is 2.43. The molecule has 18 heavy (non-hydrogen) atoms. The predicted octanol–water partition coefficient (Wildman–Crippen LogP) is 1.33. The van der Waals surface area contributed by atoms with Crippen LogP contribution in [-0.4, -0.2) is 20.2 Å². The van der Waals surface area contributed by atoms with Crippen LogP contribution in [0.4, 0.5) is 0 Å². The Balaban J connectivity index is 2.05. The molecule has 0 spiro atoms. The molecule has 0 saturated carbocycles. The molecule has 4 nitrogen and oxygen atoms in total. The Morgan fingerprint density at radius 2 is 2.17 bits per heavy atom. The number of hydrogen-bond donors (Lipinski definition) is 2. The summed E-state index contributed by atoms with van der Waals surface area (Å²) in [7, 11) is -3.41. The van der Waals surface area contributed by atoms with Crippen molar-refractivity contribution in [2.45, 2.75) is 37.5 Å². The Kier molecular flexibility index (Phi) is 4.04. The number of sulfonamides is 1. The number of aryl methyl sites for hydroxylation is 1. The minimum absolute atomic E-state index is 0.245. The molecule has 1 heterocycles. The summed E-state index contributed by atoms with van der Waals surface area (Å²) in [5, 5.41) is 8.01. The van der Waals surface area contributed by atoms with E-state index >= 15 is 0 Å². The van der Waals surface area contributed by atoms with Gasteiger partial charge in [0, 0.05) is 12.6 Å². The number of primary sulfonamides is 1. The number of benzene rings is 1. The molecule has 1 fully saturated rings. The highest BCUT2D eigenvalue weighted by Gasteiger charge is 2.28. The van der Waals surface area contributed by atoms with Crippen molar-refractivity contribution in [2.24, 2.45) is 5.14 Å². The van der Waals surface area contributed by atoms with Crippen molar-refractivity contribution in [2.75, 3.05) is 6.54 Å². The summed E-state index contributed by atoms with van der Waals surface area (Å²) in [6.07, 6.45) is 2.46. The van der Waals surface area contributed by atoms with Crippen LogP contribution < -0.4 is 10.5 Å². The van der Waals surface area contributed by atoms with Crippen LogP contribution in [-0.2, 0) is 16.4 Å². The van der Waals surface area contributed by atoms with Crippen molar-refractivity contribution >= 4 is 10.0 Å². The lowest BCUT2D eigenvalue weighted by molar-refractivity contribution is 0.408. The Bertz CT molecular complexity index is 505. The van der Waals surface area contributed by atoms with E-state index in [1.807, 2.05) is 0 Å². The van der Waals surface area contributed by atoms with Crippen LogP contribution in [0, 0.1) is 0 Å². The molecule has 1 aromatic rings. The van der Waals surface area contributed by atoms with E-state index in [0.717, 1.165) is 12.8 Å². The average Bonchev–Trinajstić information content (AvgIpc) is 2.38. The Hall–Kier alpha value is -0.910. The quantitative estimate of drug-likeness (QED) is 0.868. The van der Waals surface area contributed by atoms with Gasteiger partial charge in [-0.05, 0) is 30.4 Å². The van der Waals surface area contributed by atoms with Gasteiger partial charge in [-0.3, -0.25) is 0 Å². The number of hydrogen-bond acceptors (Lipinski definition) is 3. The van der Waals surface area contributed by atoms with Gasteiger partial charge < -0.3 is 5.32 Å². The van der Waals surface area contributed by atoms with Crippen molar-refractivity contribution < 1.29 is 8.42 Å². The molecule has 0 amide bonds. The normalized spacial score (nSPS) is 25.0. The van der Waals surface area contributed by atoms with Crippen LogP contribution in [0.25, 0.3) is 0 Å². The maximum absolute atomic E-state index is 11.3. The monoisotopic (exact) mass is 268 g/mol. The summed E-state index contributed by atoms with van der Waals surface area (Å²) < 4.78 is 22.5. The van der Waals surface area contributed by atoms with Crippen molar-refractivity contribution in [1.82, 2.24) is 5.32 Å². The Morgan fingerprint density at radius 1 is 1.39 bits per heavy atom. The average molecular weight is 268 g/mol. The first-order chi connectivity index (χ1) is 8.50. The molecular weight excluding hydrogens is 248 g/mol. The second kappa shape index (κ2) is 5.38. The molecule has 0 radical (unpaired) electrons. The topological polar surface area (TPSA) is 72.2 Å². The molecule has 0 aliphatic carbocycles. The number of piperidine rings is 1. The minimum atomic E-state index is -3.41. The predicted molar refractivity (Wildman–Crippen MR) is 72.7 cm³/mol. The highest BCUT2D eigenvalue weighted by Crippen LogP contribution is 2.25. The third-order valence-corrected chi connectivity index (χ3v) is 4.93. The third-order valence-electron chi connectivity index (χ3n) is 3.60. The third kappa shape index (κ3) is 3.10. The Labute approximate surface area is 109 Å². The maximum atomic E-state index is 11.3. The van der Waals surface area contributed by atoms with Gasteiger partial charge in [0.1, 0.15) is 0 Å². The van der Waals surface area contributed by atoms with E-state index < -0.39 is 15.3 Å². The fourth-order valence-corrected chi connectivity index (χ4v) is 3.22. The highest BCUT2D eigenvalue weighted by atomic mass is 32.2. The first-order valence-electron chi connectivity index (χ1n) is 6.34. The molecule has 100 valence electrons. The standard InChI is InChI=1S/C13H20N2O2S/c1-2-10-4-3-5-11(8-10)13-7-6-12(9-15-13)18(14,16)17/h3-5,8,12-13,15H,2,6-7,9H2,1H3,(H2,14,16,17). The van der Waals surface area contributed by atoms with Gasteiger partial charge in [-0.2, -0.15) is 0 Å². The summed E-state index contributed by atoms with van der Waals surface area (Å²) in [5.74, 6) is 0. The van der Waals surface area contributed by atoms with Gasteiger partial charge in [-0.15, -0.1) is 0 Å². The largest absolute Gasteiger partial charge is 0.309 e. The van der Waals surface area contributed by atoms with Crippen LogP contribution in [0.2, 0.25) is 0 Å². The van der Waals surface area contributed by atoms with E-state index in [9.17, 15) is 8.42 Å². The van der Waals surface area contributed by atoms with E-state index in [-0.39, 0.29) is 6.04 Å². The molecular formula is C13H20N2O2S. The fraction of sp³-hybridized carbons (Fsp3) is 0.538. The number of nitrogens with two attached hydrogens (primary N) is 1. The molecule has 5 heteroatoms.